The standard InChI is InChI=1S/C22H23N3O5S/c1-14(26)16-6-9-18(10-7-16)31(28,29)25-12-4-3-5-20(25)22(27)24-17-8-11-19-21(13-17)30-15(2)23-19/h6-11,13,20H,3-5,12H2,1-2H3,(H,24,27). The molecule has 1 saturated heterocycles. The molecule has 2 heterocycles. The largest absolute Gasteiger partial charge is 0.441 e. The average molecular weight is 442 g/mol. The molecule has 2 aromatic carbocycles. The molecule has 8 nitrogen and oxygen atoms in total. The molecule has 0 saturated carbocycles. The van der Waals surface area contributed by atoms with Crippen LogP contribution in [-0.2, 0) is 14.8 Å². The number of benzene rings is 2. The van der Waals surface area contributed by atoms with E-state index in [2.05, 4.69) is 10.3 Å². The minimum Gasteiger partial charge on any atom is -0.441 e. The summed E-state index contributed by atoms with van der Waals surface area (Å²) in [6.07, 6.45) is 1.87. The van der Waals surface area contributed by atoms with Crippen LogP contribution in [0.3, 0.4) is 0 Å². The van der Waals surface area contributed by atoms with E-state index < -0.39 is 16.1 Å². The van der Waals surface area contributed by atoms with E-state index in [1.165, 1.54) is 35.5 Å². The van der Waals surface area contributed by atoms with E-state index in [1.807, 2.05) is 0 Å². The SMILES string of the molecule is CC(=O)c1ccc(S(=O)(=O)N2CCCCC2C(=O)Nc2ccc3nc(C)oc3c2)cc1. The van der Waals surface area contributed by atoms with Crippen LogP contribution in [-0.4, -0.2) is 42.0 Å². The third-order valence-electron chi connectivity index (χ3n) is 5.39. The number of carbonyl (C=O) groups is 2. The van der Waals surface area contributed by atoms with Crippen LogP contribution in [0, 0.1) is 6.92 Å². The third-order valence-corrected chi connectivity index (χ3v) is 7.31. The third kappa shape index (κ3) is 4.24. The Morgan fingerprint density at radius 2 is 1.87 bits per heavy atom. The molecule has 0 bridgehead atoms. The Hall–Kier alpha value is -3.04. The zero-order valence-electron chi connectivity index (χ0n) is 17.3. The van der Waals surface area contributed by atoms with Crippen LogP contribution < -0.4 is 5.32 Å². The number of Topliss-reactive ketones (excluding diaryl/α,β-unsaturated/α-hetero) is 1. The van der Waals surface area contributed by atoms with E-state index in [4.69, 9.17) is 4.42 Å². The number of amides is 1. The Balaban J connectivity index is 1.58. The molecule has 3 aromatic rings. The molecule has 0 radical (unpaired) electrons. The van der Waals surface area contributed by atoms with Crippen molar-refractivity contribution in [3.8, 4) is 0 Å². The normalized spacial score (nSPS) is 17.5. The molecule has 4 rings (SSSR count). The number of piperidine rings is 1. The van der Waals surface area contributed by atoms with Crippen molar-refractivity contribution in [2.45, 2.75) is 44.0 Å². The number of hydrogen-bond donors (Lipinski definition) is 1. The lowest BCUT2D eigenvalue weighted by atomic mass is 10.0. The fourth-order valence-corrected chi connectivity index (χ4v) is 5.45. The molecule has 0 spiro atoms. The number of nitrogens with zero attached hydrogens (tertiary/aromatic N) is 2. The van der Waals surface area contributed by atoms with E-state index in [0.29, 0.717) is 41.1 Å². The van der Waals surface area contributed by atoms with E-state index in [1.54, 1.807) is 25.1 Å². The second-order valence-corrected chi connectivity index (χ2v) is 9.50. The number of sulfonamides is 1. The Morgan fingerprint density at radius 1 is 1.13 bits per heavy atom. The summed E-state index contributed by atoms with van der Waals surface area (Å²) in [4.78, 5) is 28.8. The van der Waals surface area contributed by atoms with Gasteiger partial charge in [0.2, 0.25) is 15.9 Å². The van der Waals surface area contributed by atoms with Gasteiger partial charge in [-0.15, -0.1) is 0 Å². The van der Waals surface area contributed by atoms with Gasteiger partial charge < -0.3 is 9.73 Å². The molecule has 1 aromatic heterocycles. The first-order valence-electron chi connectivity index (χ1n) is 10.1. The maximum atomic E-state index is 13.3. The highest BCUT2D eigenvalue weighted by atomic mass is 32.2. The van der Waals surface area contributed by atoms with Gasteiger partial charge in [-0.25, -0.2) is 13.4 Å². The molecule has 1 aliphatic heterocycles. The first kappa shape index (κ1) is 21.2. The summed E-state index contributed by atoms with van der Waals surface area (Å²) < 4.78 is 33.3. The molecule has 1 amide bonds. The maximum absolute atomic E-state index is 13.3. The van der Waals surface area contributed by atoms with Crippen molar-refractivity contribution in [1.82, 2.24) is 9.29 Å². The molecule has 1 fully saturated rings. The average Bonchev–Trinajstić information content (AvgIpc) is 3.13. The minimum atomic E-state index is -3.89. The highest BCUT2D eigenvalue weighted by molar-refractivity contribution is 7.89. The predicted molar refractivity (Wildman–Crippen MR) is 115 cm³/mol. The van der Waals surface area contributed by atoms with Crippen LogP contribution in [0.15, 0.2) is 51.8 Å². The van der Waals surface area contributed by atoms with Crippen LogP contribution in [0.25, 0.3) is 11.1 Å². The van der Waals surface area contributed by atoms with Crippen LogP contribution in [0.2, 0.25) is 0 Å². The van der Waals surface area contributed by atoms with Crippen molar-refractivity contribution in [1.29, 1.82) is 0 Å². The van der Waals surface area contributed by atoms with Crippen molar-refractivity contribution in [2.24, 2.45) is 0 Å². The van der Waals surface area contributed by atoms with Crippen LogP contribution in [0.1, 0.15) is 42.4 Å². The zero-order chi connectivity index (χ0) is 22.2. The molecule has 1 atom stereocenters. The number of hydrogen-bond acceptors (Lipinski definition) is 6. The Labute approximate surface area is 180 Å². The van der Waals surface area contributed by atoms with Crippen LogP contribution >= 0.6 is 0 Å². The fourth-order valence-electron chi connectivity index (χ4n) is 3.79. The Bertz CT molecular complexity index is 1250. The van der Waals surface area contributed by atoms with E-state index in [0.717, 1.165) is 6.42 Å². The van der Waals surface area contributed by atoms with Gasteiger partial charge in [0.15, 0.2) is 17.3 Å². The van der Waals surface area contributed by atoms with Crippen molar-refractivity contribution < 1.29 is 22.4 Å². The molecule has 1 aliphatic rings. The maximum Gasteiger partial charge on any atom is 0.243 e. The molecule has 31 heavy (non-hydrogen) atoms. The van der Waals surface area contributed by atoms with Gasteiger partial charge in [0.1, 0.15) is 11.6 Å². The molecule has 9 heteroatoms. The fraction of sp³-hybridized carbons (Fsp3) is 0.318. The van der Waals surface area contributed by atoms with E-state index in [-0.39, 0.29) is 23.1 Å². The summed E-state index contributed by atoms with van der Waals surface area (Å²) >= 11 is 0. The van der Waals surface area contributed by atoms with Crippen molar-refractivity contribution in [3.63, 3.8) is 0 Å². The van der Waals surface area contributed by atoms with Crippen molar-refractivity contribution in [2.75, 3.05) is 11.9 Å². The van der Waals surface area contributed by atoms with Gasteiger partial charge in [0, 0.05) is 30.8 Å². The summed E-state index contributed by atoms with van der Waals surface area (Å²) in [6.45, 7) is 3.42. The number of carbonyl (C=O) groups excluding carboxylic acids is 2. The number of rotatable bonds is 5. The molecule has 1 N–H and O–H groups in total. The summed E-state index contributed by atoms with van der Waals surface area (Å²) in [5.74, 6) is -0.00358. The lowest BCUT2D eigenvalue weighted by molar-refractivity contribution is -0.120. The van der Waals surface area contributed by atoms with Crippen molar-refractivity contribution in [3.05, 3.63) is 53.9 Å². The number of aryl methyl sites for hydroxylation is 1. The highest BCUT2D eigenvalue weighted by Gasteiger charge is 2.37. The lowest BCUT2D eigenvalue weighted by Gasteiger charge is -2.33. The number of oxazole rings is 1. The van der Waals surface area contributed by atoms with E-state index in [9.17, 15) is 18.0 Å². The van der Waals surface area contributed by atoms with Gasteiger partial charge in [-0.2, -0.15) is 4.31 Å². The smallest absolute Gasteiger partial charge is 0.243 e. The summed E-state index contributed by atoms with van der Waals surface area (Å²) in [5.41, 5.74) is 2.19. The molecular formula is C22H23N3O5S. The first-order chi connectivity index (χ1) is 14.8. The quantitative estimate of drug-likeness (QED) is 0.607. The molecule has 1 unspecified atom stereocenters. The van der Waals surface area contributed by atoms with Gasteiger partial charge in [0.25, 0.3) is 0 Å². The highest BCUT2D eigenvalue weighted by Crippen LogP contribution is 2.27. The van der Waals surface area contributed by atoms with Crippen molar-refractivity contribution >= 4 is 38.5 Å². The van der Waals surface area contributed by atoms with Crippen LogP contribution in [0.4, 0.5) is 5.69 Å². The molecular weight excluding hydrogens is 418 g/mol. The first-order valence-corrected chi connectivity index (χ1v) is 11.5. The number of ketones is 1. The number of nitrogens with one attached hydrogen (secondary N) is 1. The van der Waals surface area contributed by atoms with Gasteiger partial charge >= 0.3 is 0 Å². The molecule has 162 valence electrons. The Kier molecular flexibility index (Phi) is 5.63. The summed E-state index contributed by atoms with van der Waals surface area (Å²) in [7, 11) is -3.89. The number of fused-ring (bicyclic) bond motifs is 1. The van der Waals surface area contributed by atoms with Gasteiger partial charge in [0.05, 0.1) is 4.90 Å². The van der Waals surface area contributed by atoms with E-state index >= 15 is 0 Å². The van der Waals surface area contributed by atoms with Gasteiger partial charge in [-0.05, 0) is 44.0 Å². The summed E-state index contributed by atoms with van der Waals surface area (Å²) in [6, 6.07) is 10.1. The number of aromatic nitrogens is 1. The zero-order valence-corrected chi connectivity index (χ0v) is 18.1. The second kappa shape index (κ2) is 8.24. The predicted octanol–water partition coefficient (Wildman–Crippen LogP) is 3.52. The minimum absolute atomic E-state index is 0.0655. The number of anilines is 1. The Morgan fingerprint density at radius 3 is 2.58 bits per heavy atom. The topological polar surface area (TPSA) is 110 Å². The second-order valence-electron chi connectivity index (χ2n) is 7.61. The monoisotopic (exact) mass is 441 g/mol. The van der Waals surface area contributed by atoms with Gasteiger partial charge in [-0.3, -0.25) is 9.59 Å². The van der Waals surface area contributed by atoms with Crippen LogP contribution in [0.5, 0.6) is 0 Å². The molecule has 0 aliphatic carbocycles. The van der Waals surface area contributed by atoms with Gasteiger partial charge in [-0.1, -0.05) is 18.6 Å². The summed E-state index contributed by atoms with van der Waals surface area (Å²) in [5, 5.41) is 2.81. The lowest BCUT2D eigenvalue weighted by Crippen LogP contribution is -2.49.